The standard InChI is InChI=1S/C22H22ClN3O6S/c1-5-31-21(27)17-12(13-7-8-14(23)33-13)9-10-24-19(17)18(22(28)32-6-2)20-25-15(29-3)11-16(26-20)30-4/h7-11,18H,5-6H2,1-4H3. The van der Waals surface area contributed by atoms with Crippen molar-refractivity contribution in [2.24, 2.45) is 0 Å². The molecule has 0 amide bonds. The molecule has 3 aromatic rings. The number of rotatable bonds is 9. The Kier molecular flexibility index (Phi) is 8.18. The molecule has 33 heavy (non-hydrogen) atoms. The van der Waals surface area contributed by atoms with Crippen LogP contribution >= 0.6 is 22.9 Å². The molecule has 1 atom stereocenters. The molecule has 3 aromatic heterocycles. The quantitative estimate of drug-likeness (QED) is 0.408. The predicted octanol–water partition coefficient (Wildman–Crippen LogP) is 4.14. The van der Waals surface area contributed by atoms with Gasteiger partial charge in [0.25, 0.3) is 0 Å². The smallest absolute Gasteiger partial charge is 0.340 e. The van der Waals surface area contributed by atoms with Gasteiger partial charge in [0.2, 0.25) is 11.8 Å². The lowest BCUT2D eigenvalue weighted by molar-refractivity contribution is -0.144. The van der Waals surface area contributed by atoms with Crippen LogP contribution in [-0.2, 0) is 14.3 Å². The number of nitrogens with zero attached hydrogens (tertiary/aromatic N) is 3. The topological polar surface area (TPSA) is 110 Å². The fraction of sp³-hybridized carbons (Fsp3) is 0.318. The van der Waals surface area contributed by atoms with E-state index in [0.29, 0.717) is 14.8 Å². The number of hydrogen-bond donors (Lipinski definition) is 0. The molecule has 11 heteroatoms. The Balaban J connectivity index is 2.30. The van der Waals surface area contributed by atoms with Gasteiger partial charge in [-0.2, -0.15) is 9.97 Å². The van der Waals surface area contributed by atoms with Crippen LogP contribution in [-0.4, -0.2) is 54.3 Å². The number of esters is 2. The highest BCUT2D eigenvalue weighted by molar-refractivity contribution is 7.19. The SMILES string of the molecule is CCOC(=O)c1c(-c2ccc(Cl)s2)ccnc1C(C(=O)OCC)c1nc(OC)cc(OC)n1. The molecule has 174 valence electrons. The van der Waals surface area contributed by atoms with Crippen molar-refractivity contribution in [2.45, 2.75) is 19.8 Å². The van der Waals surface area contributed by atoms with Crippen LogP contribution in [0.2, 0.25) is 4.34 Å². The second-order valence-electron chi connectivity index (χ2n) is 6.44. The van der Waals surface area contributed by atoms with Crippen LogP contribution in [0.5, 0.6) is 11.8 Å². The Morgan fingerprint density at radius 1 is 1.03 bits per heavy atom. The van der Waals surface area contributed by atoms with Gasteiger partial charge in [0.05, 0.1) is 49.1 Å². The summed E-state index contributed by atoms with van der Waals surface area (Å²) in [6.45, 7) is 3.59. The highest BCUT2D eigenvalue weighted by atomic mass is 35.5. The van der Waals surface area contributed by atoms with Crippen molar-refractivity contribution in [2.75, 3.05) is 27.4 Å². The summed E-state index contributed by atoms with van der Waals surface area (Å²) >= 11 is 7.40. The number of carbonyl (C=O) groups excluding carboxylic acids is 2. The lowest BCUT2D eigenvalue weighted by Gasteiger charge is -2.19. The minimum Gasteiger partial charge on any atom is -0.481 e. The highest BCUT2D eigenvalue weighted by Gasteiger charge is 2.35. The second kappa shape index (κ2) is 11.1. The number of halogens is 1. The van der Waals surface area contributed by atoms with Crippen molar-refractivity contribution in [3.05, 3.63) is 51.9 Å². The molecule has 3 heterocycles. The summed E-state index contributed by atoms with van der Waals surface area (Å²) in [5, 5.41) is 0. The molecule has 0 radical (unpaired) electrons. The van der Waals surface area contributed by atoms with Crippen LogP contribution < -0.4 is 9.47 Å². The molecular weight excluding hydrogens is 470 g/mol. The summed E-state index contributed by atoms with van der Waals surface area (Å²) in [4.78, 5) is 39.9. The van der Waals surface area contributed by atoms with Gasteiger partial charge in [-0.25, -0.2) is 4.79 Å². The summed E-state index contributed by atoms with van der Waals surface area (Å²) in [7, 11) is 2.85. The van der Waals surface area contributed by atoms with E-state index in [9.17, 15) is 9.59 Å². The van der Waals surface area contributed by atoms with Gasteiger partial charge < -0.3 is 18.9 Å². The number of carbonyl (C=O) groups is 2. The molecule has 0 spiro atoms. The van der Waals surface area contributed by atoms with Crippen LogP contribution in [0.3, 0.4) is 0 Å². The number of methoxy groups -OCH3 is 2. The molecule has 1 unspecified atom stereocenters. The maximum Gasteiger partial charge on any atom is 0.340 e. The van der Waals surface area contributed by atoms with Gasteiger partial charge in [-0.15, -0.1) is 11.3 Å². The number of ether oxygens (including phenoxy) is 4. The van der Waals surface area contributed by atoms with Crippen molar-refractivity contribution in [3.63, 3.8) is 0 Å². The van der Waals surface area contributed by atoms with E-state index < -0.39 is 17.9 Å². The van der Waals surface area contributed by atoms with E-state index in [1.54, 1.807) is 32.0 Å². The molecule has 0 N–H and O–H groups in total. The van der Waals surface area contributed by atoms with Crippen LogP contribution in [0.15, 0.2) is 30.5 Å². The van der Waals surface area contributed by atoms with Gasteiger partial charge in [0.1, 0.15) is 0 Å². The van der Waals surface area contributed by atoms with E-state index in [4.69, 9.17) is 30.5 Å². The average Bonchev–Trinajstić information content (AvgIpc) is 3.25. The fourth-order valence-electron chi connectivity index (χ4n) is 3.10. The lowest BCUT2D eigenvalue weighted by Crippen LogP contribution is -2.24. The zero-order valence-corrected chi connectivity index (χ0v) is 20.0. The van der Waals surface area contributed by atoms with Gasteiger partial charge in [-0.05, 0) is 32.0 Å². The third kappa shape index (κ3) is 5.40. The highest BCUT2D eigenvalue weighted by Crippen LogP contribution is 2.37. The Bertz CT molecular complexity index is 1130. The van der Waals surface area contributed by atoms with Crippen LogP contribution in [0, 0.1) is 0 Å². The third-order valence-corrected chi connectivity index (χ3v) is 5.73. The molecule has 0 saturated heterocycles. The Morgan fingerprint density at radius 3 is 2.24 bits per heavy atom. The number of aromatic nitrogens is 3. The summed E-state index contributed by atoms with van der Waals surface area (Å²) in [6, 6.07) is 6.62. The summed E-state index contributed by atoms with van der Waals surface area (Å²) in [5.74, 6) is -2.24. The zero-order valence-electron chi connectivity index (χ0n) is 18.5. The first-order valence-corrected chi connectivity index (χ1v) is 11.2. The summed E-state index contributed by atoms with van der Waals surface area (Å²) < 4.78 is 21.6. The first kappa shape index (κ1) is 24.4. The Labute approximate surface area is 199 Å². The van der Waals surface area contributed by atoms with Crippen molar-refractivity contribution >= 4 is 34.9 Å². The molecule has 0 aliphatic heterocycles. The van der Waals surface area contributed by atoms with Gasteiger partial charge >= 0.3 is 11.9 Å². The van der Waals surface area contributed by atoms with E-state index in [-0.39, 0.29) is 42.1 Å². The molecule has 0 aromatic carbocycles. The first-order valence-electron chi connectivity index (χ1n) is 9.98. The Morgan fingerprint density at radius 2 is 1.70 bits per heavy atom. The second-order valence-corrected chi connectivity index (χ2v) is 8.15. The van der Waals surface area contributed by atoms with E-state index in [1.807, 2.05) is 0 Å². The normalized spacial score (nSPS) is 11.5. The maximum absolute atomic E-state index is 13.1. The van der Waals surface area contributed by atoms with E-state index in [0.717, 1.165) is 0 Å². The van der Waals surface area contributed by atoms with Gasteiger partial charge in [-0.3, -0.25) is 9.78 Å². The van der Waals surface area contributed by atoms with Gasteiger partial charge in [-0.1, -0.05) is 11.6 Å². The van der Waals surface area contributed by atoms with Crippen molar-refractivity contribution in [3.8, 4) is 22.2 Å². The number of hydrogen-bond acceptors (Lipinski definition) is 10. The molecule has 0 aliphatic rings. The number of pyridine rings is 1. The number of thiophene rings is 1. The zero-order chi connectivity index (χ0) is 24.0. The van der Waals surface area contributed by atoms with Crippen molar-refractivity contribution in [1.82, 2.24) is 15.0 Å². The Hall–Kier alpha value is -3.24. The minimum atomic E-state index is -1.25. The average molecular weight is 492 g/mol. The third-order valence-electron chi connectivity index (χ3n) is 4.47. The van der Waals surface area contributed by atoms with Crippen molar-refractivity contribution in [1.29, 1.82) is 0 Å². The summed E-state index contributed by atoms with van der Waals surface area (Å²) in [5.41, 5.74) is 0.699. The van der Waals surface area contributed by atoms with Gasteiger partial charge in [0.15, 0.2) is 11.7 Å². The molecule has 0 bridgehead atoms. The monoisotopic (exact) mass is 491 g/mol. The van der Waals surface area contributed by atoms with E-state index in [2.05, 4.69) is 15.0 Å². The molecular formula is C22H22ClN3O6S. The van der Waals surface area contributed by atoms with Crippen LogP contribution in [0.4, 0.5) is 0 Å². The van der Waals surface area contributed by atoms with Gasteiger partial charge in [0, 0.05) is 16.6 Å². The van der Waals surface area contributed by atoms with Crippen LogP contribution in [0.1, 0.15) is 41.6 Å². The minimum absolute atomic E-state index is 0.00376. The largest absolute Gasteiger partial charge is 0.481 e. The van der Waals surface area contributed by atoms with Crippen LogP contribution in [0.25, 0.3) is 10.4 Å². The molecule has 0 saturated carbocycles. The molecule has 0 aliphatic carbocycles. The molecule has 9 nitrogen and oxygen atoms in total. The fourth-order valence-corrected chi connectivity index (χ4v) is 4.18. The summed E-state index contributed by atoms with van der Waals surface area (Å²) in [6.07, 6.45) is 1.49. The van der Waals surface area contributed by atoms with E-state index in [1.165, 1.54) is 37.8 Å². The first-order chi connectivity index (χ1) is 15.9. The molecule has 0 fully saturated rings. The lowest BCUT2D eigenvalue weighted by atomic mass is 9.95. The van der Waals surface area contributed by atoms with E-state index >= 15 is 0 Å². The van der Waals surface area contributed by atoms with Crippen molar-refractivity contribution < 1.29 is 28.5 Å². The maximum atomic E-state index is 13.1. The predicted molar refractivity (Wildman–Crippen MR) is 122 cm³/mol. The molecule has 3 rings (SSSR count).